The third-order valence-electron chi connectivity index (χ3n) is 4.72. The van der Waals surface area contributed by atoms with E-state index < -0.39 is 0 Å². The van der Waals surface area contributed by atoms with Gasteiger partial charge in [0.05, 0.1) is 6.61 Å². The lowest BCUT2D eigenvalue weighted by Crippen LogP contribution is -2.64. The first-order valence-corrected chi connectivity index (χ1v) is 6.96. The lowest BCUT2D eigenvalue weighted by Gasteiger charge is -2.52. The molecule has 3 aliphatic rings. The number of ether oxygens (including phenoxy) is 1. The molecule has 1 atom stereocenters. The molecule has 0 radical (unpaired) electrons. The summed E-state index contributed by atoms with van der Waals surface area (Å²) in [6.07, 6.45) is 8.34. The summed E-state index contributed by atoms with van der Waals surface area (Å²) in [5.41, 5.74) is 0.481. The molecule has 0 aromatic rings. The molecule has 16 heavy (non-hydrogen) atoms. The van der Waals surface area contributed by atoms with Crippen LogP contribution in [0, 0.1) is 0 Å². The van der Waals surface area contributed by atoms with Crippen LogP contribution in [0.1, 0.15) is 38.5 Å². The molecule has 0 aromatic heterocycles. The fourth-order valence-corrected chi connectivity index (χ4v) is 3.87. The zero-order chi connectivity index (χ0) is 10.8. The van der Waals surface area contributed by atoms with E-state index in [-0.39, 0.29) is 0 Å². The van der Waals surface area contributed by atoms with Crippen molar-refractivity contribution >= 4 is 0 Å². The number of hydrogen-bond donors (Lipinski definition) is 1. The van der Waals surface area contributed by atoms with Crippen LogP contribution < -0.4 is 5.32 Å². The Hall–Kier alpha value is -0.120. The molecule has 2 aliphatic heterocycles. The molecule has 1 N–H and O–H groups in total. The number of nitrogens with zero attached hydrogens (tertiary/aromatic N) is 1. The van der Waals surface area contributed by atoms with Gasteiger partial charge in [-0.05, 0) is 19.3 Å². The molecule has 0 aromatic carbocycles. The molecule has 1 unspecified atom stereocenters. The van der Waals surface area contributed by atoms with Gasteiger partial charge in [-0.25, -0.2) is 0 Å². The molecule has 2 heterocycles. The van der Waals surface area contributed by atoms with Crippen LogP contribution in [0.15, 0.2) is 0 Å². The minimum Gasteiger partial charge on any atom is -0.380 e. The second kappa shape index (κ2) is 4.63. The first-order chi connectivity index (χ1) is 7.91. The van der Waals surface area contributed by atoms with Crippen molar-refractivity contribution in [3.05, 3.63) is 0 Å². The van der Waals surface area contributed by atoms with E-state index in [4.69, 9.17) is 4.74 Å². The van der Waals surface area contributed by atoms with E-state index in [1.54, 1.807) is 0 Å². The van der Waals surface area contributed by atoms with Crippen LogP contribution in [-0.4, -0.2) is 49.3 Å². The zero-order valence-corrected chi connectivity index (χ0v) is 10.2. The van der Waals surface area contributed by atoms with Crippen LogP contribution in [0.4, 0.5) is 0 Å². The fraction of sp³-hybridized carbons (Fsp3) is 1.00. The van der Waals surface area contributed by atoms with Crippen molar-refractivity contribution in [3.8, 4) is 0 Å². The highest BCUT2D eigenvalue weighted by atomic mass is 16.5. The summed E-state index contributed by atoms with van der Waals surface area (Å²) in [6, 6.07) is 0.709. The summed E-state index contributed by atoms with van der Waals surface area (Å²) < 4.78 is 5.58. The minimum absolute atomic E-state index is 0.481. The Balaban J connectivity index is 1.76. The predicted octanol–water partition coefficient (Wildman–Crippen LogP) is 1.38. The average molecular weight is 224 g/mol. The normalized spacial score (nSPS) is 35.6. The summed E-state index contributed by atoms with van der Waals surface area (Å²) in [5.74, 6) is 0. The van der Waals surface area contributed by atoms with Crippen molar-refractivity contribution in [2.45, 2.75) is 50.1 Å². The Morgan fingerprint density at radius 2 is 2.06 bits per heavy atom. The maximum Gasteiger partial charge on any atom is 0.0622 e. The monoisotopic (exact) mass is 224 g/mol. The van der Waals surface area contributed by atoms with E-state index in [0.29, 0.717) is 11.6 Å². The molecule has 1 saturated carbocycles. The van der Waals surface area contributed by atoms with Crippen molar-refractivity contribution in [1.29, 1.82) is 0 Å². The van der Waals surface area contributed by atoms with E-state index in [1.807, 2.05) is 0 Å². The highest BCUT2D eigenvalue weighted by molar-refractivity contribution is 5.00. The molecule has 1 aliphatic carbocycles. The molecular formula is C13H24N2O. The molecular weight excluding hydrogens is 200 g/mol. The van der Waals surface area contributed by atoms with Gasteiger partial charge in [0.15, 0.2) is 0 Å². The standard InChI is InChI=1S/C13H24N2O/c1-2-5-13(6-3-1)11-14-7-8-15(13)12-4-9-16-10-12/h12,14H,1-11H2. The summed E-state index contributed by atoms with van der Waals surface area (Å²) in [6.45, 7) is 5.56. The van der Waals surface area contributed by atoms with Crippen LogP contribution in [0.5, 0.6) is 0 Å². The van der Waals surface area contributed by atoms with Crippen LogP contribution in [0.25, 0.3) is 0 Å². The Bertz CT molecular complexity index is 224. The number of nitrogens with one attached hydrogen (secondary N) is 1. The van der Waals surface area contributed by atoms with Gasteiger partial charge in [0, 0.05) is 37.8 Å². The molecule has 1 spiro atoms. The van der Waals surface area contributed by atoms with E-state index in [0.717, 1.165) is 19.8 Å². The van der Waals surface area contributed by atoms with E-state index in [1.165, 1.54) is 51.6 Å². The average Bonchev–Trinajstić information content (AvgIpc) is 2.84. The Labute approximate surface area is 98.5 Å². The molecule has 0 amide bonds. The Kier molecular flexibility index (Phi) is 3.18. The van der Waals surface area contributed by atoms with Gasteiger partial charge in [-0.2, -0.15) is 0 Å². The van der Waals surface area contributed by atoms with Crippen molar-refractivity contribution in [1.82, 2.24) is 10.2 Å². The molecule has 92 valence electrons. The molecule has 3 nitrogen and oxygen atoms in total. The van der Waals surface area contributed by atoms with Crippen molar-refractivity contribution < 1.29 is 4.74 Å². The predicted molar refractivity (Wildman–Crippen MR) is 64.6 cm³/mol. The maximum atomic E-state index is 5.58. The van der Waals surface area contributed by atoms with Crippen LogP contribution in [0.2, 0.25) is 0 Å². The van der Waals surface area contributed by atoms with Gasteiger partial charge < -0.3 is 10.1 Å². The second-order valence-corrected chi connectivity index (χ2v) is 5.67. The van der Waals surface area contributed by atoms with Gasteiger partial charge in [-0.15, -0.1) is 0 Å². The zero-order valence-electron chi connectivity index (χ0n) is 10.2. The van der Waals surface area contributed by atoms with Gasteiger partial charge in [0.25, 0.3) is 0 Å². The quantitative estimate of drug-likeness (QED) is 0.728. The lowest BCUT2D eigenvalue weighted by molar-refractivity contribution is -0.01000. The van der Waals surface area contributed by atoms with E-state index >= 15 is 0 Å². The van der Waals surface area contributed by atoms with Crippen LogP contribution >= 0.6 is 0 Å². The van der Waals surface area contributed by atoms with Crippen molar-refractivity contribution in [3.63, 3.8) is 0 Å². The lowest BCUT2D eigenvalue weighted by atomic mass is 9.78. The summed E-state index contributed by atoms with van der Waals surface area (Å²) >= 11 is 0. The summed E-state index contributed by atoms with van der Waals surface area (Å²) in [7, 11) is 0. The van der Waals surface area contributed by atoms with Crippen LogP contribution in [-0.2, 0) is 4.74 Å². The van der Waals surface area contributed by atoms with Gasteiger partial charge >= 0.3 is 0 Å². The second-order valence-electron chi connectivity index (χ2n) is 5.67. The number of rotatable bonds is 1. The van der Waals surface area contributed by atoms with Crippen molar-refractivity contribution in [2.24, 2.45) is 0 Å². The smallest absolute Gasteiger partial charge is 0.0622 e. The topological polar surface area (TPSA) is 24.5 Å². The summed E-state index contributed by atoms with van der Waals surface area (Å²) in [4.78, 5) is 2.80. The Morgan fingerprint density at radius 1 is 1.19 bits per heavy atom. The third kappa shape index (κ3) is 1.89. The molecule has 3 fully saturated rings. The Morgan fingerprint density at radius 3 is 2.81 bits per heavy atom. The van der Waals surface area contributed by atoms with E-state index in [2.05, 4.69) is 10.2 Å². The van der Waals surface area contributed by atoms with Gasteiger partial charge in [-0.3, -0.25) is 4.90 Å². The fourth-order valence-electron chi connectivity index (χ4n) is 3.87. The van der Waals surface area contributed by atoms with E-state index in [9.17, 15) is 0 Å². The molecule has 3 rings (SSSR count). The van der Waals surface area contributed by atoms with Gasteiger partial charge in [-0.1, -0.05) is 19.3 Å². The first kappa shape index (κ1) is 11.0. The molecule has 2 saturated heterocycles. The highest BCUT2D eigenvalue weighted by Gasteiger charge is 2.43. The molecule has 3 heteroatoms. The minimum atomic E-state index is 0.481. The highest BCUT2D eigenvalue weighted by Crippen LogP contribution is 2.37. The van der Waals surface area contributed by atoms with Crippen molar-refractivity contribution in [2.75, 3.05) is 32.8 Å². The van der Waals surface area contributed by atoms with Gasteiger partial charge in [0.1, 0.15) is 0 Å². The van der Waals surface area contributed by atoms with Gasteiger partial charge in [0.2, 0.25) is 0 Å². The number of hydrogen-bond acceptors (Lipinski definition) is 3. The molecule has 0 bridgehead atoms. The maximum absolute atomic E-state index is 5.58. The number of piperazine rings is 1. The first-order valence-electron chi connectivity index (χ1n) is 6.96. The van der Waals surface area contributed by atoms with Crippen LogP contribution in [0.3, 0.4) is 0 Å². The third-order valence-corrected chi connectivity index (χ3v) is 4.72. The SMILES string of the molecule is C1CCC2(CC1)CNCCN2C1CCOC1. The largest absolute Gasteiger partial charge is 0.380 e. The summed E-state index contributed by atoms with van der Waals surface area (Å²) in [5, 5.41) is 3.62.